The minimum atomic E-state index is -0.142. The van der Waals surface area contributed by atoms with Gasteiger partial charge in [0.05, 0.1) is 12.1 Å². The Hall–Kier alpha value is -1.86. The van der Waals surface area contributed by atoms with Gasteiger partial charge in [-0.2, -0.15) is 0 Å². The van der Waals surface area contributed by atoms with Crippen molar-refractivity contribution < 1.29 is 4.79 Å². The summed E-state index contributed by atoms with van der Waals surface area (Å²) in [6.45, 7) is 2.38. The smallest absolute Gasteiger partial charge is 0.271 e. The molecule has 0 atom stereocenters. The van der Waals surface area contributed by atoms with Gasteiger partial charge in [0.2, 0.25) is 0 Å². The van der Waals surface area contributed by atoms with Gasteiger partial charge in [-0.25, -0.2) is 4.98 Å². The fourth-order valence-corrected chi connectivity index (χ4v) is 2.62. The number of amides is 1. The Bertz CT molecular complexity index is 536. The minimum absolute atomic E-state index is 0.120. The Kier molecular flexibility index (Phi) is 4.75. The van der Waals surface area contributed by atoms with E-state index in [2.05, 4.69) is 29.1 Å². The number of aromatic nitrogens is 1. The second-order valence-corrected chi connectivity index (χ2v) is 5.48. The van der Waals surface area contributed by atoms with Crippen LogP contribution in [0.15, 0.2) is 18.3 Å². The average molecular weight is 271 g/mol. The Morgan fingerprint density at radius 1 is 1.45 bits per heavy atom. The van der Waals surface area contributed by atoms with Crippen LogP contribution in [0.4, 0.5) is 0 Å². The van der Waals surface area contributed by atoms with E-state index in [4.69, 9.17) is 5.73 Å². The quantitative estimate of drug-likeness (QED) is 0.807. The van der Waals surface area contributed by atoms with Gasteiger partial charge in [0.25, 0.3) is 5.91 Å². The zero-order valence-corrected chi connectivity index (χ0v) is 11.9. The van der Waals surface area contributed by atoms with E-state index in [0.29, 0.717) is 11.3 Å². The Morgan fingerprint density at radius 2 is 2.20 bits per heavy atom. The highest BCUT2D eigenvalue weighted by Gasteiger charge is 2.29. The van der Waals surface area contributed by atoms with Crippen molar-refractivity contribution in [1.29, 1.82) is 0 Å². The maximum absolute atomic E-state index is 12.4. The largest absolute Gasteiger partial charge is 0.346 e. The van der Waals surface area contributed by atoms with Gasteiger partial charge in [-0.05, 0) is 31.9 Å². The van der Waals surface area contributed by atoms with Crippen LogP contribution >= 0.6 is 0 Å². The van der Waals surface area contributed by atoms with Crippen LogP contribution in [0.25, 0.3) is 0 Å². The zero-order valence-electron chi connectivity index (χ0n) is 11.9. The van der Waals surface area contributed by atoms with Crippen molar-refractivity contribution in [2.45, 2.75) is 44.6 Å². The highest BCUT2D eigenvalue weighted by atomic mass is 16.2. The lowest BCUT2D eigenvalue weighted by molar-refractivity contribution is 0.0877. The summed E-state index contributed by atoms with van der Waals surface area (Å²) in [5, 5.41) is 3.13. The summed E-state index contributed by atoms with van der Waals surface area (Å²) in [6.07, 6.45) is 7.25. The summed E-state index contributed by atoms with van der Waals surface area (Å²) in [5.74, 6) is 5.53. The van der Waals surface area contributed by atoms with E-state index in [1.165, 1.54) is 19.3 Å². The van der Waals surface area contributed by atoms with Gasteiger partial charge in [0.1, 0.15) is 5.69 Å². The molecule has 0 saturated heterocycles. The Morgan fingerprint density at radius 3 is 2.90 bits per heavy atom. The summed E-state index contributed by atoms with van der Waals surface area (Å²) in [6, 6.07) is 3.58. The summed E-state index contributed by atoms with van der Waals surface area (Å²) < 4.78 is 0. The Labute approximate surface area is 120 Å². The lowest BCUT2D eigenvalue weighted by Crippen LogP contribution is -2.47. The number of carbonyl (C=O) groups is 1. The molecule has 1 aliphatic carbocycles. The van der Waals surface area contributed by atoms with Crippen molar-refractivity contribution in [3.63, 3.8) is 0 Å². The molecule has 0 spiro atoms. The van der Waals surface area contributed by atoms with Crippen LogP contribution in [0.1, 0.15) is 55.1 Å². The molecule has 2 rings (SSSR count). The van der Waals surface area contributed by atoms with Crippen molar-refractivity contribution in [1.82, 2.24) is 10.3 Å². The number of hydrogen-bond donors (Lipinski definition) is 2. The molecule has 4 nitrogen and oxygen atoms in total. The minimum Gasteiger partial charge on any atom is -0.346 e. The first-order chi connectivity index (χ1) is 9.64. The average Bonchev–Trinajstić information content (AvgIpc) is 2.45. The van der Waals surface area contributed by atoms with E-state index in [1.807, 2.05) is 0 Å². The third-order valence-electron chi connectivity index (χ3n) is 3.72. The van der Waals surface area contributed by atoms with Crippen LogP contribution < -0.4 is 11.1 Å². The zero-order chi connectivity index (χ0) is 14.4. The molecule has 0 unspecified atom stereocenters. The number of rotatable bonds is 2. The number of nitrogens with two attached hydrogens (primary N) is 1. The number of nitrogens with zero attached hydrogens (tertiary/aromatic N) is 1. The molecule has 4 heteroatoms. The third-order valence-corrected chi connectivity index (χ3v) is 3.72. The van der Waals surface area contributed by atoms with Crippen molar-refractivity contribution in [3.8, 4) is 11.8 Å². The summed E-state index contributed by atoms with van der Waals surface area (Å²) in [5.41, 5.74) is 6.28. The topological polar surface area (TPSA) is 68.0 Å². The SMILES string of the molecule is CC1(NC(=O)c2ncccc2C#CCN)CCCCC1. The summed E-state index contributed by atoms with van der Waals surface area (Å²) in [7, 11) is 0. The summed E-state index contributed by atoms with van der Waals surface area (Å²) >= 11 is 0. The van der Waals surface area contributed by atoms with Gasteiger partial charge >= 0.3 is 0 Å². The van der Waals surface area contributed by atoms with E-state index >= 15 is 0 Å². The number of pyridine rings is 1. The molecule has 1 fully saturated rings. The number of hydrogen-bond acceptors (Lipinski definition) is 3. The molecule has 1 amide bonds. The molecule has 1 aliphatic rings. The molecule has 1 heterocycles. The van der Waals surface area contributed by atoms with Gasteiger partial charge in [-0.15, -0.1) is 0 Å². The Balaban J connectivity index is 2.16. The van der Waals surface area contributed by atoms with Crippen LogP contribution in [0.2, 0.25) is 0 Å². The first-order valence-electron chi connectivity index (χ1n) is 7.11. The van der Waals surface area contributed by atoms with Gasteiger partial charge in [0.15, 0.2) is 0 Å². The number of nitrogens with one attached hydrogen (secondary N) is 1. The van der Waals surface area contributed by atoms with Crippen molar-refractivity contribution >= 4 is 5.91 Å². The first kappa shape index (κ1) is 14.5. The molecule has 106 valence electrons. The fourth-order valence-electron chi connectivity index (χ4n) is 2.62. The highest BCUT2D eigenvalue weighted by Crippen LogP contribution is 2.27. The molecule has 3 N–H and O–H groups in total. The predicted molar refractivity (Wildman–Crippen MR) is 79.1 cm³/mol. The van der Waals surface area contributed by atoms with Crippen LogP contribution in [0.3, 0.4) is 0 Å². The standard InChI is InChI=1S/C16H21N3O/c1-16(9-3-2-4-10-16)19-15(20)14-13(7-5-11-17)8-6-12-18-14/h6,8,12H,2-4,9-11,17H2,1H3,(H,19,20). The van der Waals surface area contributed by atoms with E-state index in [0.717, 1.165) is 12.8 Å². The van der Waals surface area contributed by atoms with Crippen LogP contribution in [-0.4, -0.2) is 23.0 Å². The van der Waals surface area contributed by atoms with Crippen molar-refractivity contribution in [2.24, 2.45) is 5.73 Å². The van der Waals surface area contributed by atoms with E-state index in [-0.39, 0.29) is 18.0 Å². The van der Waals surface area contributed by atoms with Crippen LogP contribution in [0.5, 0.6) is 0 Å². The lowest BCUT2D eigenvalue weighted by Gasteiger charge is -2.34. The molecule has 0 aliphatic heterocycles. The van der Waals surface area contributed by atoms with Crippen molar-refractivity contribution in [2.75, 3.05) is 6.54 Å². The monoisotopic (exact) mass is 271 g/mol. The van der Waals surface area contributed by atoms with E-state index in [9.17, 15) is 4.79 Å². The highest BCUT2D eigenvalue weighted by molar-refractivity contribution is 5.95. The number of carbonyl (C=O) groups excluding carboxylic acids is 1. The van der Waals surface area contributed by atoms with E-state index < -0.39 is 0 Å². The lowest BCUT2D eigenvalue weighted by atomic mass is 9.83. The molecule has 1 saturated carbocycles. The first-order valence-corrected chi connectivity index (χ1v) is 7.11. The second kappa shape index (κ2) is 6.53. The van der Waals surface area contributed by atoms with Gasteiger partial charge in [0, 0.05) is 11.7 Å². The normalized spacial score (nSPS) is 16.9. The van der Waals surface area contributed by atoms with Gasteiger partial charge in [-0.1, -0.05) is 31.1 Å². The van der Waals surface area contributed by atoms with Crippen LogP contribution in [-0.2, 0) is 0 Å². The van der Waals surface area contributed by atoms with Gasteiger partial charge < -0.3 is 11.1 Å². The predicted octanol–water partition coefficient (Wildman–Crippen LogP) is 1.84. The maximum atomic E-state index is 12.4. The molecule has 1 aromatic rings. The second-order valence-electron chi connectivity index (χ2n) is 5.48. The third kappa shape index (κ3) is 3.58. The fraction of sp³-hybridized carbons (Fsp3) is 0.500. The molecule has 0 bridgehead atoms. The van der Waals surface area contributed by atoms with Gasteiger partial charge in [-0.3, -0.25) is 4.79 Å². The molecule has 0 radical (unpaired) electrons. The molecular weight excluding hydrogens is 250 g/mol. The molecule has 0 aromatic carbocycles. The maximum Gasteiger partial charge on any atom is 0.271 e. The van der Waals surface area contributed by atoms with E-state index in [1.54, 1.807) is 18.3 Å². The van der Waals surface area contributed by atoms with Crippen LogP contribution in [0, 0.1) is 11.8 Å². The molecular formula is C16H21N3O. The molecule has 1 aromatic heterocycles. The summed E-state index contributed by atoms with van der Waals surface area (Å²) in [4.78, 5) is 16.6. The molecule has 20 heavy (non-hydrogen) atoms. The van der Waals surface area contributed by atoms with Crippen molar-refractivity contribution in [3.05, 3.63) is 29.6 Å².